The molecule has 1 amide bonds. The van der Waals surface area contributed by atoms with Gasteiger partial charge in [-0.15, -0.1) is 0 Å². The molecule has 2 rings (SSSR count). The molecule has 0 aromatic carbocycles. The van der Waals surface area contributed by atoms with Crippen LogP contribution in [0.25, 0.3) is 0 Å². The Kier molecular flexibility index (Phi) is 1.24. The first-order valence-corrected chi connectivity index (χ1v) is 4.19. The smallest absolute Gasteiger partial charge is 0.235 e. The highest BCUT2D eigenvalue weighted by Crippen LogP contribution is 2.51. The Hall–Kier alpha value is -0.830. The molecule has 1 saturated heterocycles. The topological polar surface area (TPSA) is 40.5 Å². The van der Waals surface area contributed by atoms with Crippen LogP contribution in [0, 0.1) is 5.92 Å². The van der Waals surface area contributed by atoms with Crippen LogP contribution in [0.2, 0.25) is 0 Å². The Labute approximate surface area is 71.7 Å². The van der Waals surface area contributed by atoms with Crippen LogP contribution in [0.1, 0.15) is 20.8 Å². The monoisotopic (exact) mass is 167 g/mol. The minimum Gasteiger partial charge on any atom is -0.374 e. The number of nitrogens with zero attached hydrogens (tertiary/aromatic N) is 1. The van der Waals surface area contributed by atoms with E-state index in [0.717, 1.165) is 5.57 Å². The number of aliphatic hydroxyl groups excluding tert-OH is 1. The SMILES string of the molecule is CC1=CC2(C)C1C(=O)N2C(C)O. The normalized spacial score (nSPS) is 41.0. The quantitative estimate of drug-likeness (QED) is 0.456. The summed E-state index contributed by atoms with van der Waals surface area (Å²) in [5.41, 5.74) is 0.953. The summed E-state index contributed by atoms with van der Waals surface area (Å²) in [5.74, 6) is 0.111. The maximum absolute atomic E-state index is 11.4. The van der Waals surface area contributed by atoms with Gasteiger partial charge in [0.25, 0.3) is 0 Å². The van der Waals surface area contributed by atoms with Crippen molar-refractivity contribution in [2.24, 2.45) is 5.92 Å². The van der Waals surface area contributed by atoms with E-state index in [4.69, 9.17) is 0 Å². The average Bonchev–Trinajstić information content (AvgIpc) is 1.83. The third kappa shape index (κ3) is 0.591. The second kappa shape index (κ2) is 1.91. The van der Waals surface area contributed by atoms with Gasteiger partial charge in [0.2, 0.25) is 5.91 Å². The third-order valence-electron chi connectivity index (χ3n) is 2.94. The van der Waals surface area contributed by atoms with Crippen LogP contribution in [-0.2, 0) is 4.79 Å². The molecule has 12 heavy (non-hydrogen) atoms. The van der Waals surface area contributed by atoms with Crippen molar-refractivity contribution in [1.29, 1.82) is 0 Å². The van der Waals surface area contributed by atoms with Crippen LogP contribution in [0.3, 0.4) is 0 Å². The number of hydrogen-bond acceptors (Lipinski definition) is 2. The summed E-state index contributed by atoms with van der Waals surface area (Å²) in [5, 5.41) is 9.29. The highest BCUT2D eigenvalue weighted by molar-refractivity contribution is 5.94. The van der Waals surface area contributed by atoms with Crippen molar-refractivity contribution >= 4 is 5.91 Å². The lowest BCUT2D eigenvalue weighted by molar-refractivity contribution is -0.184. The Morgan fingerprint density at radius 1 is 1.75 bits per heavy atom. The molecule has 3 unspecified atom stereocenters. The summed E-state index contributed by atoms with van der Waals surface area (Å²) < 4.78 is 0. The molecule has 1 fully saturated rings. The lowest BCUT2D eigenvalue weighted by Crippen LogP contribution is -2.75. The van der Waals surface area contributed by atoms with E-state index >= 15 is 0 Å². The average molecular weight is 167 g/mol. The molecule has 3 atom stereocenters. The molecule has 3 heteroatoms. The van der Waals surface area contributed by atoms with E-state index in [1.165, 1.54) is 4.90 Å². The van der Waals surface area contributed by atoms with Gasteiger partial charge in [0.15, 0.2) is 0 Å². The van der Waals surface area contributed by atoms with E-state index < -0.39 is 6.23 Å². The van der Waals surface area contributed by atoms with Crippen LogP contribution in [0.4, 0.5) is 0 Å². The zero-order valence-corrected chi connectivity index (χ0v) is 7.53. The van der Waals surface area contributed by atoms with Crippen LogP contribution < -0.4 is 0 Å². The van der Waals surface area contributed by atoms with Gasteiger partial charge < -0.3 is 10.0 Å². The molecule has 0 radical (unpaired) electrons. The van der Waals surface area contributed by atoms with Crippen molar-refractivity contribution in [3.05, 3.63) is 11.6 Å². The van der Waals surface area contributed by atoms with Crippen LogP contribution in [-0.4, -0.2) is 27.7 Å². The summed E-state index contributed by atoms with van der Waals surface area (Å²) in [6.07, 6.45) is 1.38. The predicted molar refractivity (Wildman–Crippen MR) is 44.2 cm³/mol. The fraction of sp³-hybridized carbons (Fsp3) is 0.667. The molecular weight excluding hydrogens is 154 g/mol. The van der Waals surface area contributed by atoms with Crippen molar-refractivity contribution in [2.75, 3.05) is 0 Å². The second-order valence-electron chi connectivity index (χ2n) is 3.89. The number of rotatable bonds is 1. The fourth-order valence-corrected chi connectivity index (χ4v) is 2.54. The molecule has 1 N–H and O–H groups in total. The van der Waals surface area contributed by atoms with Gasteiger partial charge in [0.05, 0.1) is 11.5 Å². The highest BCUT2D eigenvalue weighted by atomic mass is 16.3. The van der Waals surface area contributed by atoms with Crippen LogP contribution in [0.5, 0.6) is 0 Å². The zero-order chi connectivity index (χ0) is 9.09. The van der Waals surface area contributed by atoms with E-state index in [-0.39, 0.29) is 17.4 Å². The Morgan fingerprint density at radius 2 is 2.33 bits per heavy atom. The lowest BCUT2D eigenvalue weighted by atomic mass is 9.61. The first-order chi connectivity index (χ1) is 5.48. The van der Waals surface area contributed by atoms with Gasteiger partial charge in [-0.3, -0.25) is 4.79 Å². The molecule has 0 aromatic heterocycles. The number of carbonyl (C=O) groups is 1. The molecule has 0 aromatic rings. The van der Waals surface area contributed by atoms with Gasteiger partial charge in [0, 0.05) is 0 Å². The molecule has 0 spiro atoms. The zero-order valence-electron chi connectivity index (χ0n) is 7.53. The summed E-state index contributed by atoms with van der Waals surface area (Å²) >= 11 is 0. The first kappa shape index (κ1) is 7.80. The van der Waals surface area contributed by atoms with Gasteiger partial charge in [-0.1, -0.05) is 11.6 Å². The van der Waals surface area contributed by atoms with Gasteiger partial charge in [0.1, 0.15) is 6.23 Å². The number of amides is 1. The maximum atomic E-state index is 11.4. The molecular formula is C9H13NO2. The van der Waals surface area contributed by atoms with Gasteiger partial charge in [-0.05, 0) is 20.8 Å². The molecule has 1 heterocycles. The summed E-state index contributed by atoms with van der Waals surface area (Å²) in [6.45, 7) is 5.57. The first-order valence-electron chi connectivity index (χ1n) is 4.19. The van der Waals surface area contributed by atoms with E-state index in [2.05, 4.69) is 0 Å². The van der Waals surface area contributed by atoms with Crippen molar-refractivity contribution in [3.8, 4) is 0 Å². The molecule has 66 valence electrons. The van der Waals surface area contributed by atoms with Crippen LogP contribution in [0.15, 0.2) is 11.6 Å². The van der Waals surface area contributed by atoms with E-state index in [1.807, 2.05) is 19.9 Å². The lowest BCUT2D eigenvalue weighted by Gasteiger charge is -2.61. The Balaban J connectivity index is 2.29. The number of fused-ring (bicyclic) bond motifs is 1. The Morgan fingerprint density at radius 3 is 2.67 bits per heavy atom. The molecule has 2 aliphatic rings. The number of carbonyl (C=O) groups excluding carboxylic acids is 1. The van der Waals surface area contributed by atoms with E-state index in [9.17, 15) is 9.90 Å². The maximum Gasteiger partial charge on any atom is 0.235 e. The van der Waals surface area contributed by atoms with Crippen molar-refractivity contribution in [1.82, 2.24) is 4.90 Å². The molecule has 0 saturated carbocycles. The van der Waals surface area contributed by atoms with Gasteiger partial charge >= 0.3 is 0 Å². The van der Waals surface area contributed by atoms with E-state index in [1.54, 1.807) is 6.92 Å². The van der Waals surface area contributed by atoms with Crippen molar-refractivity contribution < 1.29 is 9.90 Å². The van der Waals surface area contributed by atoms with Crippen LogP contribution >= 0.6 is 0 Å². The summed E-state index contributed by atoms with van der Waals surface area (Å²) in [4.78, 5) is 12.9. The van der Waals surface area contributed by atoms with Crippen molar-refractivity contribution in [2.45, 2.75) is 32.5 Å². The fourth-order valence-electron chi connectivity index (χ4n) is 2.54. The highest BCUT2D eigenvalue weighted by Gasteiger charge is 2.62. The van der Waals surface area contributed by atoms with Crippen molar-refractivity contribution in [3.63, 3.8) is 0 Å². The second-order valence-corrected chi connectivity index (χ2v) is 3.89. The Bertz CT molecular complexity index is 282. The standard InChI is InChI=1S/C9H13NO2/c1-5-4-9(3)7(5)8(12)10(9)6(2)11/h4,6-7,11H,1-3H3. The molecule has 0 bridgehead atoms. The predicted octanol–water partition coefficient (Wildman–Crippen LogP) is 0.502. The number of β-lactam (4-membered cyclic amide) rings is 1. The van der Waals surface area contributed by atoms with E-state index in [0.29, 0.717) is 0 Å². The molecule has 1 aliphatic heterocycles. The minimum atomic E-state index is -0.664. The minimum absolute atomic E-state index is 0.0482. The number of hydrogen-bond donors (Lipinski definition) is 1. The summed E-state index contributed by atoms with van der Waals surface area (Å²) in [7, 11) is 0. The number of aliphatic hydroxyl groups is 1. The van der Waals surface area contributed by atoms with Gasteiger partial charge in [-0.25, -0.2) is 0 Å². The number of likely N-dealkylation sites (tertiary alicyclic amines) is 1. The largest absolute Gasteiger partial charge is 0.374 e. The van der Waals surface area contributed by atoms with Gasteiger partial charge in [-0.2, -0.15) is 0 Å². The summed E-state index contributed by atoms with van der Waals surface area (Å²) in [6, 6.07) is 0. The third-order valence-corrected chi connectivity index (χ3v) is 2.94. The molecule has 1 aliphatic carbocycles. The molecule has 3 nitrogen and oxygen atoms in total.